The second-order valence-electron chi connectivity index (χ2n) is 6.31. The molecule has 6 nitrogen and oxygen atoms in total. The number of furan rings is 1. The second-order valence-corrected chi connectivity index (χ2v) is 6.31. The predicted molar refractivity (Wildman–Crippen MR) is 94.1 cm³/mol. The smallest absolute Gasteiger partial charge is 0.258 e. The molecule has 1 aliphatic heterocycles. The number of carbonyl (C=O) groups excluding carboxylic acids is 1. The van der Waals surface area contributed by atoms with Crippen LogP contribution in [0, 0.1) is 13.8 Å². The lowest BCUT2D eigenvalue weighted by Crippen LogP contribution is -2.42. The Labute approximate surface area is 146 Å². The fourth-order valence-electron chi connectivity index (χ4n) is 3.44. The molecule has 0 saturated heterocycles. The molecule has 0 radical (unpaired) electrons. The largest absolute Gasteiger partial charge is 0.467 e. The Morgan fingerprint density at radius 3 is 2.68 bits per heavy atom. The molecule has 0 aliphatic carbocycles. The summed E-state index contributed by atoms with van der Waals surface area (Å²) in [5.41, 5.74) is 4.48. The standard InChI is InChI=1S/C19H20N4O2/c1-12-17(13(2)22(3)21-12)18-20-16-9-5-4-8-15(16)19(24)23(18)11-14-7-6-10-25-14/h4-10,18,20H,11H2,1-3H3. The number of aromatic nitrogens is 2. The van der Waals surface area contributed by atoms with Crippen molar-refractivity contribution in [3.63, 3.8) is 0 Å². The molecule has 0 bridgehead atoms. The van der Waals surface area contributed by atoms with Crippen LogP contribution in [0.4, 0.5) is 5.69 Å². The third kappa shape index (κ3) is 2.50. The quantitative estimate of drug-likeness (QED) is 0.796. The predicted octanol–water partition coefficient (Wildman–Crippen LogP) is 3.40. The van der Waals surface area contributed by atoms with E-state index in [1.165, 1.54) is 0 Å². The lowest BCUT2D eigenvalue weighted by molar-refractivity contribution is 0.0650. The van der Waals surface area contributed by atoms with Gasteiger partial charge in [0.25, 0.3) is 5.91 Å². The van der Waals surface area contributed by atoms with E-state index in [2.05, 4.69) is 10.4 Å². The van der Waals surface area contributed by atoms with Crippen LogP contribution in [0.1, 0.15) is 39.2 Å². The van der Waals surface area contributed by atoms with E-state index in [1.54, 1.807) is 11.2 Å². The highest BCUT2D eigenvalue weighted by atomic mass is 16.3. The molecular formula is C19H20N4O2. The summed E-state index contributed by atoms with van der Waals surface area (Å²) in [6.07, 6.45) is 1.34. The first-order valence-electron chi connectivity index (χ1n) is 8.25. The van der Waals surface area contributed by atoms with Gasteiger partial charge in [0.1, 0.15) is 11.9 Å². The second kappa shape index (κ2) is 5.81. The molecule has 3 heterocycles. The molecule has 2 aromatic heterocycles. The number of nitrogens with zero attached hydrogens (tertiary/aromatic N) is 3. The number of amides is 1. The zero-order valence-corrected chi connectivity index (χ0v) is 14.5. The summed E-state index contributed by atoms with van der Waals surface area (Å²) in [6, 6.07) is 11.3. The SMILES string of the molecule is Cc1nn(C)c(C)c1C1Nc2ccccc2C(=O)N1Cc1ccco1. The number of hydrogen-bond acceptors (Lipinski definition) is 4. The highest BCUT2D eigenvalue weighted by Crippen LogP contribution is 2.36. The van der Waals surface area contributed by atoms with Gasteiger partial charge in [0.15, 0.2) is 0 Å². The number of rotatable bonds is 3. The molecule has 1 atom stereocenters. The number of hydrogen-bond donors (Lipinski definition) is 1. The number of anilines is 1. The summed E-state index contributed by atoms with van der Waals surface area (Å²) in [5, 5.41) is 8.02. The van der Waals surface area contributed by atoms with Crippen LogP contribution in [0.15, 0.2) is 47.1 Å². The van der Waals surface area contributed by atoms with Gasteiger partial charge in [0.05, 0.1) is 24.1 Å². The Morgan fingerprint density at radius 1 is 1.20 bits per heavy atom. The minimum absolute atomic E-state index is 0.0154. The fraction of sp³-hybridized carbons (Fsp3) is 0.263. The number of benzene rings is 1. The molecule has 1 aromatic carbocycles. The molecule has 0 saturated carbocycles. The molecule has 128 valence electrons. The third-order valence-electron chi connectivity index (χ3n) is 4.77. The first kappa shape index (κ1) is 15.5. The van der Waals surface area contributed by atoms with Crippen molar-refractivity contribution in [1.29, 1.82) is 0 Å². The molecule has 6 heteroatoms. The molecule has 1 unspecified atom stereocenters. The van der Waals surface area contributed by atoms with Gasteiger partial charge in [-0.2, -0.15) is 5.10 Å². The van der Waals surface area contributed by atoms with Gasteiger partial charge in [-0.25, -0.2) is 0 Å². The Bertz CT molecular complexity index is 927. The summed E-state index contributed by atoms with van der Waals surface area (Å²) in [4.78, 5) is 15.0. The molecular weight excluding hydrogens is 316 g/mol. The van der Waals surface area contributed by atoms with Crippen LogP contribution in [0.3, 0.4) is 0 Å². The van der Waals surface area contributed by atoms with Gasteiger partial charge in [-0.05, 0) is 38.1 Å². The van der Waals surface area contributed by atoms with E-state index in [1.807, 2.05) is 62.0 Å². The third-order valence-corrected chi connectivity index (χ3v) is 4.77. The maximum Gasteiger partial charge on any atom is 0.258 e. The van der Waals surface area contributed by atoms with Gasteiger partial charge in [-0.15, -0.1) is 0 Å². The summed E-state index contributed by atoms with van der Waals surface area (Å²) in [5.74, 6) is 0.733. The molecule has 25 heavy (non-hydrogen) atoms. The van der Waals surface area contributed by atoms with Crippen LogP contribution < -0.4 is 5.32 Å². The van der Waals surface area contributed by atoms with Crippen LogP contribution in [0.5, 0.6) is 0 Å². The number of carbonyl (C=O) groups is 1. The van der Waals surface area contributed by atoms with E-state index in [-0.39, 0.29) is 12.1 Å². The summed E-state index contributed by atoms with van der Waals surface area (Å²) in [7, 11) is 1.92. The first-order chi connectivity index (χ1) is 12.1. The van der Waals surface area contributed by atoms with E-state index >= 15 is 0 Å². The maximum absolute atomic E-state index is 13.2. The average molecular weight is 336 g/mol. The minimum Gasteiger partial charge on any atom is -0.467 e. The van der Waals surface area contributed by atoms with Gasteiger partial charge in [-0.1, -0.05) is 12.1 Å². The number of fused-ring (bicyclic) bond motifs is 1. The van der Waals surface area contributed by atoms with Gasteiger partial charge in [0, 0.05) is 24.0 Å². The van der Waals surface area contributed by atoms with Crippen LogP contribution in [-0.2, 0) is 13.6 Å². The molecule has 1 aliphatic rings. The highest BCUT2D eigenvalue weighted by molar-refractivity contribution is 6.01. The lowest BCUT2D eigenvalue weighted by Gasteiger charge is -2.37. The Hall–Kier alpha value is -3.02. The van der Waals surface area contributed by atoms with Crippen molar-refractivity contribution in [2.75, 3.05) is 5.32 Å². The zero-order valence-electron chi connectivity index (χ0n) is 14.5. The van der Waals surface area contributed by atoms with E-state index in [0.29, 0.717) is 12.1 Å². The molecule has 4 rings (SSSR count). The Morgan fingerprint density at radius 2 is 2.00 bits per heavy atom. The van der Waals surface area contributed by atoms with Crippen molar-refractivity contribution >= 4 is 11.6 Å². The molecule has 1 amide bonds. The van der Waals surface area contributed by atoms with Gasteiger partial charge < -0.3 is 14.6 Å². The maximum atomic E-state index is 13.2. The summed E-state index contributed by atoms with van der Waals surface area (Å²) < 4.78 is 7.33. The van der Waals surface area contributed by atoms with Gasteiger partial charge in [-0.3, -0.25) is 9.48 Å². The molecule has 0 fully saturated rings. The normalized spacial score (nSPS) is 16.7. The monoisotopic (exact) mass is 336 g/mol. The van der Waals surface area contributed by atoms with Crippen molar-refractivity contribution in [1.82, 2.24) is 14.7 Å². The van der Waals surface area contributed by atoms with Gasteiger partial charge >= 0.3 is 0 Å². The van der Waals surface area contributed by atoms with Crippen LogP contribution in [0.2, 0.25) is 0 Å². The first-order valence-corrected chi connectivity index (χ1v) is 8.25. The Balaban J connectivity index is 1.83. The van der Waals surface area contributed by atoms with Crippen molar-refractivity contribution in [2.24, 2.45) is 7.05 Å². The average Bonchev–Trinajstić information content (AvgIpc) is 3.19. The molecule has 1 N–H and O–H groups in total. The van der Waals surface area contributed by atoms with Crippen LogP contribution in [0.25, 0.3) is 0 Å². The number of para-hydroxylation sites is 1. The van der Waals surface area contributed by atoms with Crippen molar-refractivity contribution in [2.45, 2.75) is 26.6 Å². The number of nitrogens with one attached hydrogen (secondary N) is 1. The topological polar surface area (TPSA) is 63.3 Å². The zero-order chi connectivity index (χ0) is 17.6. The highest BCUT2D eigenvalue weighted by Gasteiger charge is 2.36. The lowest BCUT2D eigenvalue weighted by atomic mass is 10.0. The van der Waals surface area contributed by atoms with E-state index in [9.17, 15) is 4.79 Å². The van der Waals surface area contributed by atoms with E-state index in [4.69, 9.17) is 4.42 Å². The van der Waals surface area contributed by atoms with E-state index in [0.717, 1.165) is 28.4 Å². The van der Waals surface area contributed by atoms with Crippen LogP contribution >= 0.6 is 0 Å². The van der Waals surface area contributed by atoms with Gasteiger partial charge in [0.2, 0.25) is 0 Å². The summed E-state index contributed by atoms with van der Waals surface area (Å²) in [6.45, 7) is 4.39. The minimum atomic E-state index is -0.291. The van der Waals surface area contributed by atoms with Crippen molar-refractivity contribution in [3.05, 3.63) is 70.9 Å². The van der Waals surface area contributed by atoms with Crippen molar-refractivity contribution < 1.29 is 9.21 Å². The molecule has 0 spiro atoms. The van der Waals surface area contributed by atoms with Crippen molar-refractivity contribution in [3.8, 4) is 0 Å². The fourth-order valence-corrected chi connectivity index (χ4v) is 3.44. The van der Waals surface area contributed by atoms with Crippen LogP contribution in [-0.4, -0.2) is 20.6 Å². The molecule has 3 aromatic rings. The Kier molecular flexibility index (Phi) is 3.60. The number of aryl methyl sites for hydroxylation is 2. The summed E-state index contributed by atoms with van der Waals surface area (Å²) >= 11 is 0. The van der Waals surface area contributed by atoms with E-state index < -0.39 is 0 Å².